The van der Waals surface area contributed by atoms with Gasteiger partial charge in [0.1, 0.15) is 0 Å². The Labute approximate surface area is 118 Å². The van der Waals surface area contributed by atoms with Gasteiger partial charge in [0.2, 0.25) is 0 Å². The minimum absolute atomic E-state index is 0.173. The van der Waals surface area contributed by atoms with Crippen LogP contribution < -0.4 is 5.73 Å². The predicted molar refractivity (Wildman–Crippen MR) is 71.8 cm³/mol. The van der Waals surface area contributed by atoms with E-state index in [0.29, 0.717) is 19.6 Å². The van der Waals surface area contributed by atoms with Gasteiger partial charge in [-0.1, -0.05) is 6.07 Å². The fourth-order valence-corrected chi connectivity index (χ4v) is 2.88. The van der Waals surface area contributed by atoms with E-state index in [1.54, 1.807) is 0 Å². The molecule has 1 aromatic carbocycles. The molecule has 0 aliphatic rings. The minimum atomic E-state index is -4.43. The lowest BCUT2D eigenvalue weighted by atomic mass is 10.2. The maximum absolute atomic E-state index is 12.6. The highest BCUT2D eigenvalue weighted by Crippen LogP contribution is 2.30. The maximum Gasteiger partial charge on any atom is 0.416 e. The molecule has 0 spiro atoms. The lowest BCUT2D eigenvalue weighted by molar-refractivity contribution is -0.137. The molecule has 0 aromatic heterocycles. The lowest BCUT2D eigenvalue weighted by Crippen LogP contribution is -2.25. The number of alkyl halides is 3. The van der Waals surface area contributed by atoms with Gasteiger partial charge in [-0.25, -0.2) is 0 Å². The second-order valence-electron chi connectivity index (χ2n) is 4.18. The second-order valence-corrected chi connectivity index (χ2v) is 5.75. The quantitative estimate of drug-likeness (QED) is 0.842. The predicted octanol–water partition coefficient (Wildman–Crippen LogP) is 2.57. The van der Waals surface area contributed by atoms with Crippen molar-refractivity contribution in [1.82, 2.24) is 0 Å². The molecule has 2 N–H and O–H groups in total. The van der Waals surface area contributed by atoms with E-state index in [4.69, 9.17) is 10.5 Å². The Hall–Kier alpha value is -0.920. The minimum Gasteiger partial charge on any atom is -0.377 e. The van der Waals surface area contributed by atoms with Crippen LogP contribution in [0.1, 0.15) is 18.9 Å². The Bertz CT molecular complexity index is 451. The van der Waals surface area contributed by atoms with Crippen molar-refractivity contribution in [3.8, 4) is 0 Å². The molecule has 1 aromatic rings. The molecule has 20 heavy (non-hydrogen) atoms. The van der Waals surface area contributed by atoms with Crippen LogP contribution in [0.3, 0.4) is 0 Å². The Morgan fingerprint density at radius 2 is 2.10 bits per heavy atom. The molecule has 0 aliphatic carbocycles. The number of benzene rings is 1. The van der Waals surface area contributed by atoms with Gasteiger partial charge in [0.25, 0.3) is 0 Å². The highest BCUT2D eigenvalue weighted by Gasteiger charge is 2.30. The van der Waals surface area contributed by atoms with E-state index >= 15 is 0 Å². The van der Waals surface area contributed by atoms with Crippen LogP contribution in [0.5, 0.6) is 0 Å². The van der Waals surface area contributed by atoms with Crippen molar-refractivity contribution in [2.24, 2.45) is 5.73 Å². The summed E-state index contributed by atoms with van der Waals surface area (Å²) in [5.41, 5.74) is 4.70. The van der Waals surface area contributed by atoms with Gasteiger partial charge < -0.3 is 10.5 Å². The molecule has 2 atom stereocenters. The second kappa shape index (κ2) is 7.75. The third-order valence-corrected chi connectivity index (χ3v) is 4.10. The zero-order chi connectivity index (χ0) is 15.2. The lowest BCUT2D eigenvalue weighted by Gasteiger charge is -2.14. The first-order valence-corrected chi connectivity index (χ1v) is 7.57. The summed E-state index contributed by atoms with van der Waals surface area (Å²) in [6, 6.07) is 4.58. The third-order valence-electron chi connectivity index (χ3n) is 2.71. The molecule has 1 rings (SSSR count). The standard InChI is InChI=1S/C13H18F3NO2S/c1-2-19-11(9-17)6-7-20(18)12-5-3-4-10(8-12)13(14,15)16/h3-5,8,11H,2,6-7,9,17H2,1H3. The third kappa shape index (κ3) is 5.22. The SMILES string of the molecule is CCOC(CN)CCS(=O)c1cccc(C(F)(F)F)c1. The van der Waals surface area contributed by atoms with E-state index in [-0.39, 0.29) is 16.8 Å². The summed E-state index contributed by atoms with van der Waals surface area (Å²) in [7, 11) is -1.49. The van der Waals surface area contributed by atoms with Crippen LogP contribution in [-0.2, 0) is 21.7 Å². The molecule has 7 heteroatoms. The molecular formula is C13H18F3NO2S. The van der Waals surface area contributed by atoms with Gasteiger partial charge in [-0.15, -0.1) is 0 Å². The molecule has 0 heterocycles. The first-order chi connectivity index (χ1) is 9.38. The van der Waals surface area contributed by atoms with Crippen LogP contribution in [0.2, 0.25) is 0 Å². The van der Waals surface area contributed by atoms with Crippen LogP contribution >= 0.6 is 0 Å². The topological polar surface area (TPSA) is 52.3 Å². The molecule has 0 amide bonds. The van der Waals surface area contributed by atoms with Gasteiger partial charge >= 0.3 is 6.18 Å². The Balaban J connectivity index is 2.68. The summed E-state index contributed by atoms with van der Waals surface area (Å²) in [5, 5.41) is 0. The summed E-state index contributed by atoms with van der Waals surface area (Å²) < 4.78 is 55.0. The van der Waals surface area contributed by atoms with Crippen LogP contribution in [0, 0.1) is 0 Å². The van der Waals surface area contributed by atoms with Crippen molar-refractivity contribution in [3.63, 3.8) is 0 Å². The Kier molecular flexibility index (Phi) is 6.64. The van der Waals surface area contributed by atoms with Crippen molar-refractivity contribution in [1.29, 1.82) is 0 Å². The van der Waals surface area contributed by atoms with Gasteiger partial charge in [-0.3, -0.25) is 4.21 Å². The first-order valence-electron chi connectivity index (χ1n) is 6.25. The zero-order valence-corrected chi connectivity index (χ0v) is 12.0. The van der Waals surface area contributed by atoms with Crippen molar-refractivity contribution < 1.29 is 22.1 Å². The fraction of sp³-hybridized carbons (Fsp3) is 0.538. The van der Waals surface area contributed by atoms with Gasteiger partial charge in [-0.05, 0) is 31.5 Å². The number of ether oxygens (including phenoxy) is 1. The number of hydrogen-bond donors (Lipinski definition) is 1. The molecule has 0 bridgehead atoms. The number of nitrogens with two attached hydrogens (primary N) is 1. The molecule has 0 aliphatic heterocycles. The van der Waals surface area contributed by atoms with Crippen molar-refractivity contribution in [3.05, 3.63) is 29.8 Å². The average molecular weight is 309 g/mol. The molecule has 2 unspecified atom stereocenters. The van der Waals surface area contributed by atoms with Crippen molar-refractivity contribution >= 4 is 10.8 Å². The molecule has 0 saturated heterocycles. The Morgan fingerprint density at radius 1 is 1.40 bits per heavy atom. The normalized spacial score (nSPS) is 15.1. The largest absolute Gasteiger partial charge is 0.416 e. The summed E-state index contributed by atoms with van der Waals surface area (Å²) in [6.07, 6.45) is -4.19. The van der Waals surface area contributed by atoms with Crippen molar-refractivity contribution in [2.45, 2.75) is 30.5 Å². The van der Waals surface area contributed by atoms with Gasteiger partial charge in [0, 0.05) is 23.8 Å². The van der Waals surface area contributed by atoms with Crippen LogP contribution in [0.25, 0.3) is 0 Å². The van der Waals surface area contributed by atoms with E-state index in [2.05, 4.69) is 0 Å². The van der Waals surface area contributed by atoms with Gasteiger partial charge in [0.15, 0.2) is 0 Å². The molecule has 0 saturated carbocycles. The smallest absolute Gasteiger partial charge is 0.377 e. The highest BCUT2D eigenvalue weighted by molar-refractivity contribution is 7.85. The van der Waals surface area contributed by atoms with Gasteiger partial charge in [-0.2, -0.15) is 13.2 Å². The number of rotatable bonds is 7. The summed E-state index contributed by atoms with van der Waals surface area (Å²) >= 11 is 0. The summed E-state index contributed by atoms with van der Waals surface area (Å²) in [5.74, 6) is 0.225. The summed E-state index contributed by atoms with van der Waals surface area (Å²) in [6.45, 7) is 2.62. The molecule has 3 nitrogen and oxygen atoms in total. The fourth-order valence-electron chi connectivity index (χ4n) is 1.68. The Morgan fingerprint density at radius 3 is 2.65 bits per heavy atom. The summed E-state index contributed by atoms with van der Waals surface area (Å²) in [4.78, 5) is 0.173. The molecule has 114 valence electrons. The van der Waals surface area contributed by atoms with Crippen LogP contribution in [0.4, 0.5) is 13.2 Å². The van der Waals surface area contributed by atoms with E-state index < -0.39 is 22.5 Å². The van der Waals surface area contributed by atoms with Gasteiger partial charge in [0.05, 0.1) is 22.5 Å². The van der Waals surface area contributed by atoms with Crippen LogP contribution in [0.15, 0.2) is 29.2 Å². The number of halogens is 3. The van der Waals surface area contributed by atoms with E-state index in [1.165, 1.54) is 12.1 Å². The monoisotopic (exact) mass is 309 g/mol. The van der Waals surface area contributed by atoms with Crippen LogP contribution in [-0.4, -0.2) is 29.2 Å². The zero-order valence-electron chi connectivity index (χ0n) is 11.2. The number of hydrogen-bond acceptors (Lipinski definition) is 3. The maximum atomic E-state index is 12.6. The van der Waals surface area contributed by atoms with Crippen molar-refractivity contribution in [2.75, 3.05) is 18.9 Å². The highest BCUT2D eigenvalue weighted by atomic mass is 32.2. The first kappa shape index (κ1) is 17.1. The molecular weight excluding hydrogens is 291 g/mol. The molecule has 0 radical (unpaired) electrons. The van der Waals surface area contributed by atoms with E-state index in [9.17, 15) is 17.4 Å². The van der Waals surface area contributed by atoms with E-state index in [1.807, 2.05) is 6.92 Å². The molecule has 0 fully saturated rings. The average Bonchev–Trinajstić information content (AvgIpc) is 2.42. The van der Waals surface area contributed by atoms with E-state index in [0.717, 1.165) is 12.1 Å².